The van der Waals surface area contributed by atoms with E-state index >= 15 is 0 Å². The van der Waals surface area contributed by atoms with Gasteiger partial charge < -0.3 is 20.1 Å². The molecular weight excluding hydrogens is 230 g/mol. The first kappa shape index (κ1) is 14.7. The minimum Gasteiger partial charge on any atom is -0.395 e. The van der Waals surface area contributed by atoms with Crippen molar-refractivity contribution in [3.8, 4) is 0 Å². The lowest BCUT2D eigenvalue weighted by atomic mass is 10.3. The van der Waals surface area contributed by atoms with Crippen molar-refractivity contribution in [2.45, 2.75) is 13.3 Å². The highest BCUT2D eigenvalue weighted by atomic mass is 16.5. The highest BCUT2D eigenvalue weighted by Crippen LogP contribution is 2.16. The predicted octanol–water partition coefficient (Wildman–Crippen LogP) is 1.35. The molecule has 0 fully saturated rings. The second kappa shape index (κ2) is 8.72. The maximum Gasteiger partial charge on any atom is 0.127 e. The van der Waals surface area contributed by atoms with Crippen LogP contribution in [0, 0.1) is 0 Å². The van der Waals surface area contributed by atoms with Crippen LogP contribution in [-0.4, -0.2) is 50.0 Å². The monoisotopic (exact) mass is 253 g/mol. The van der Waals surface area contributed by atoms with E-state index in [1.807, 2.05) is 12.1 Å². The van der Waals surface area contributed by atoms with Crippen LogP contribution in [0.2, 0.25) is 0 Å². The molecule has 0 amide bonds. The third-order valence-corrected chi connectivity index (χ3v) is 2.60. The van der Waals surface area contributed by atoms with E-state index < -0.39 is 0 Å². The van der Waals surface area contributed by atoms with E-state index in [2.05, 4.69) is 22.1 Å². The fourth-order valence-electron chi connectivity index (χ4n) is 1.66. The summed E-state index contributed by atoms with van der Waals surface area (Å²) < 4.78 is 5.08. The molecule has 0 aromatic carbocycles. The maximum absolute atomic E-state index is 9.09. The average Bonchev–Trinajstić information content (AvgIpc) is 2.41. The van der Waals surface area contributed by atoms with Crippen molar-refractivity contribution in [1.29, 1.82) is 0 Å². The van der Waals surface area contributed by atoms with Gasteiger partial charge in [0, 0.05) is 44.7 Å². The average molecular weight is 253 g/mol. The number of aliphatic hydroxyl groups is 1. The van der Waals surface area contributed by atoms with E-state index in [0.717, 1.165) is 31.0 Å². The van der Waals surface area contributed by atoms with Crippen LogP contribution in [0.15, 0.2) is 18.3 Å². The van der Waals surface area contributed by atoms with Crippen LogP contribution in [0.1, 0.15) is 13.3 Å². The van der Waals surface area contributed by atoms with Crippen molar-refractivity contribution >= 4 is 11.5 Å². The molecule has 0 radical (unpaired) electrons. The first-order valence-corrected chi connectivity index (χ1v) is 6.36. The molecule has 0 bridgehead atoms. The number of hydrogen-bond acceptors (Lipinski definition) is 5. The Morgan fingerprint density at radius 3 is 2.94 bits per heavy atom. The summed E-state index contributed by atoms with van der Waals surface area (Å²) in [7, 11) is 1.68. The summed E-state index contributed by atoms with van der Waals surface area (Å²) in [5.74, 6) is 0.870. The van der Waals surface area contributed by atoms with Crippen molar-refractivity contribution < 1.29 is 9.84 Å². The SMILES string of the molecule is CCCNc1cc(N(CCO)CCOC)ccn1. The first-order chi connectivity index (χ1) is 8.81. The lowest BCUT2D eigenvalue weighted by Crippen LogP contribution is -2.30. The Labute approximate surface area is 109 Å². The van der Waals surface area contributed by atoms with Crippen LogP contribution < -0.4 is 10.2 Å². The maximum atomic E-state index is 9.09. The van der Waals surface area contributed by atoms with Gasteiger partial charge in [-0.1, -0.05) is 6.92 Å². The fraction of sp³-hybridized carbons (Fsp3) is 0.615. The minimum absolute atomic E-state index is 0.129. The predicted molar refractivity (Wildman–Crippen MR) is 74.2 cm³/mol. The number of aliphatic hydroxyl groups excluding tert-OH is 1. The van der Waals surface area contributed by atoms with Crippen molar-refractivity contribution in [2.75, 3.05) is 50.2 Å². The van der Waals surface area contributed by atoms with E-state index in [9.17, 15) is 0 Å². The van der Waals surface area contributed by atoms with Crippen LogP contribution in [0.4, 0.5) is 11.5 Å². The van der Waals surface area contributed by atoms with Crippen LogP contribution in [0.5, 0.6) is 0 Å². The third-order valence-electron chi connectivity index (χ3n) is 2.60. The molecule has 0 atom stereocenters. The molecule has 5 heteroatoms. The molecule has 0 spiro atoms. The summed E-state index contributed by atoms with van der Waals surface area (Å²) in [4.78, 5) is 6.35. The molecule has 0 aliphatic rings. The molecule has 18 heavy (non-hydrogen) atoms. The molecule has 0 aliphatic heterocycles. The third kappa shape index (κ3) is 4.89. The molecule has 102 valence electrons. The van der Waals surface area contributed by atoms with Gasteiger partial charge in [-0.3, -0.25) is 0 Å². The molecule has 0 aliphatic carbocycles. The van der Waals surface area contributed by atoms with Crippen molar-refractivity contribution in [1.82, 2.24) is 4.98 Å². The van der Waals surface area contributed by atoms with Gasteiger partial charge in [-0.2, -0.15) is 0 Å². The number of anilines is 2. The van der Waals surface area contributed by atoms with Crippen molar-refractivity contribution in [3.63, 3.8) is 0 Å². The fourth-order valence-corrected chi connectivity index (χ4v) is 1.66. The Bertz CT molecular complexity index is 334. The van der Waals surface area contributed by atoms with Crippen LogP contribution in [-0.2, 0) is 4.74 Å². The lowest BCUT2D eigenvalue weighted by Gasteiger charge is -2.23. The largest absolute Gasteiger partial charge is 0.395 e. The number of methoxy groups -OCH3 is 1. The number of hydrogen-bond donors (Lipinski definition) is 2. The van der Waals surface area contributed by atoms with E-state index in [1.54, 1.807) is 13.3 Å². The van der Waals surface area contributed by atoms with E-state index in [1.165, 1.54) is 0 Å². The molecule has 1 aromatic heterocycles. The van der Waals surface area contributed by atoms with Gasteiger partial charge in [-0.25, -0.2) is 4.98 Å². The quantitative estimate of drug-likeness (QED) is 0.695. The van der Waals surface area contributed by atoms with Crippen LogP contribution >= 0.6 is 0 Å². The van der Waals surface area contributed by atoms with Crippen molar-refractivity contribution in [3.05, 3.63) is 18.3 Å². The number of rotatable bonds is 9. The van der Waals surface area contributed by atoms with E-state index in [-0.39, 0.29) is 6.61 Å². The Morgan fingerprint density at radius 1 is 1.44 bits per heavy atom. The molecule has 0 saturated heterocycles. The second-order valence-corrected chi connectivity index (χ2v) is 4.03. The summed E-state index contributed by atoms with van der Waals surface area (Å²) in [6.07, 6.45) is 2.85. The Hall–Kier alpha value is -1.33. The molecule has 1 rings (SSSR count). The topological polar surface area (TPSA) is 57.6 Å². The Morgan fingerprint density at radius 2 is 2.28 bits per heavy atom. The highest BCUT2D eigenvalue weighted by molar-refractivity contribution is 5.53. The zero-order chi connectivity index (χ0) is 13.2. The smallest absolute Gasteiger partial charge is 0.127 e. The summed E-state index contributed by atoms with van der Waals surface area (Å²) in [5.41, 5.74) is 1.05. The molecule has 0 saturated carbocycles. The summed E-state index contributed by atoms with van der Waals surface area (Å²) in [6, 6.07) is 3.95. The van der Waals surface area contributed by atoms with Gasteiger partial charge in [-0.15, -0.1) is 0 Å². The van der Waals surface area contributed by atoms with Gasteiger partial charge in [0.2, 0.25) is 0 Å². The minimum atomic E-state index is 0.129. The summed E-state index contributed by atoms with van der Waals surface area (Å²) in [5, 5.41) is 12.4. The molecular formula is C13H23N3O2. The number of nitrogens with one attached hydrogen (secondary N) is 1. The molecule has 1 aromatic rings. The highest BCUT2D eigenvalue weighted by Gasteiger charge is 2.06. The Kier molecular flexibility index (Phi) is 7.13. The number of aromatic nitrogens is 1. The summed E-state index contributed by atoms with van der Waals surface area (Å²) in [6.45, 7) is 5.15. The van der Waals surface area contributed by atoms with Gasteiger partial charge in [-0.05, 0) is 12.5 Å². The molecule has 1 heterocycles. The summed E-state index contributed by atoms with van der Waals surface area (Å²) >= 11 is 0. The van der Waals surface area contributed by atoms with Crippen LogP contribution in [0.3, 0.4) is 0 Å². The molecule has 2 N–H and O–H groups in total. The molecule has 0 unspecified atom stereocenters. The standard InChI is InChI=1S/C13H23N3O2/c1-3-5-14-13-11-12(4-6-15-13)16(7-9-17)8-10-18-2/h4,6,11,17H,3,5,7-10H2,1-2H3,(H,14,15). The number of pyridine rings is 1. The molecule has 5 nitrogen and oxygen atoms in total. The lowest BCUT2D eigenvalue weighted by molar-refractivity contribution is 0.203. The van der Waals surface area contributed by atoms with Crippen LogP contribution in [0.25, 0.3) is 0 Å². The van der Waals surface area contributed by atoms with Gasteiger partial charge in [0.25, 0.3) is 0 Å². The first-order valence-electron chi connectivity index (χ1n) is 6.36. The van der Waals surface area contributed by atoms with E-state index in [4.69, 9.17) is 9.84 Å². The van der Waals surface area contributed by atoms with Gasteiger partial charge in [0.15, 0.2) is 0 Å². The normalized spacial score (nSPS) is 10.4. The zero-order valence-corrected chi connectivity index (χ0v) is 11.2. The second-order valence-electron chi connectivity index (χ2n) is 4.03. The van der Waals surface area contributed by atoms with Gasteiger partial charge in [0.1, 0.15) is 5.82 Å². The number of nitrogens with zero attached hydrogens (tertiary/aromatic N) is 2. The number of ether oxygens (including phenoxy) is 1. The van der Waals surface area contributed by atoms with Gasteiger partial charge in [0.05, 0.1) is 13.2 Å². The van der Waals surface area contributed by atoms with Gasteiger partial charge >= 0.3 is 0 Å². The Balaban J connectivity index is 2.70. The zero-order valence-electron chi connectivity index (χ0n) is 11.2. The van der Waals surface area contributed by atoms with Crippen molar-refractivity contribution in [2.24, 2.45) is 0 Å². The van der Waals surface area contributed by atoms with E-state index in [0.29, 0.717) is 13.2 Å².